The molecule has 4 saturated carbocycles. The second-order valence-corrected chi connectivity index (χ2v) is 6.87. The van der Waals surface area contributed by atoms with Gasteiger partial charge >= 0.3 is 0 Å². The van der Waals surface area contributed by atoms with Crippen molar-refractivity contribution in [3.8, 4) is 6.07 Å². The molecule has 3 heteroatoms. The van der Waals surface area contributed by atoms with Gasteiger partial charge in [-0.25, -0.2) is 4.98 Å². The predicted octanol–water partition coefficient (Wildman–Crippen LogP) is 3.33. The summed E-state index contributed by atoms with van der Waals surface area (Å²) in [5, 5.41) is 12.6. The molecule has 3 nitrogen and oxygen atoms in total. The van der Waals surface area contributed by atoms with Crippen molar-refractivity contribution >= 4 is 5.69 Å². The predicted molar refractivity (Wildman–Crippen MR) is 73.5 cm³/mol. The SMILES string of the molecule is N#Cc1ccc(NC23CC4CC(CC(C4)C2)C3)cn1. The van der Waals surface area contributed by atoms with Gasteiger partial charge in [-0.2, -0.15) is 5.26 Å². The summed E-state index contributed by atoms with van der Waals surface area (Å²) in [5.74, 6) is 2.85. The van der Waals surface area contributed by atoms with Gasteiger partial charge in [0.15, 0.2) is 0 Å². The van der Waals surface area contributed by atoms with E-state index in [1.165, 1.54) is 38.5 Å². The van der Waals surface area contributed by atoms with Gasteiger partial charge in [-0.15, -0.1) is 0 Å². The van der Waals surface area contributed by atoms with Gasteiger partial charge in [0.2, 0.25) is 0 Å². The quantitative estimate of drug-likeness (QED) is 0.879. The van der Waals surface area contributed by atoms with Gasteiger partial charge in [0.05, 0.1) is 11.9 Å². The zero-order chi connectivity index (χ0) is 12.9. The van der Waals surface area contributed by atoms with E-state index in [4.69, 9.17) is 5.26 Å². The second-order valence-electron chi connectivity index (χ2n) is 6.87. The number of nitriles is 1. The summed E-state index contributed by atoms with van der Waals surface area (Å²) in [7, 11) is 0. The summed E-state index contributed by atoms with van der Waals surface area (Å²) >= 11 is 0. The van der Waals surface area contributed by atoms with Gasteiger partial charge in [-0.05, 0) is 68.4 Å². The summed E-state index contributed by atoms with van der Waals surface area (Å²) in [6.07, 6.45) is 10.2. The van der Waals surface area contributed by atoms with Crippen molar-refractivity contribution in [3.05, 3.63) is 24.0 Å². The minimum atomic E-state index is 0.324. The molecule has 1 aromatic rings. The molecule has 0 saturated heterocycles. The van der Waals surface area contributed by atoms with Crippen LogP contribution in [0, 0.1) is 29.1 Å². The topological polar surface area (TPSA) is 48.7 Å². The average Bonchev–Trinajstić information content (AvgIpc) is 2.37. The molecule has 0 spiro atoms. The largest absolute Gasteiger partial charge is 0.378 e. The van der Waals surface area contributed by atoms with Crippen molar-refractivity contribution in [2.45, 2.75) is 44.1 Å². The Bertz CT molecular complexity index is 491. The van der Waals surface area contributed by atoms with Crippen LogP contribution in [0.5, 0.6) is 0 Å². The molecule has 0 aromatic carbocycles. The van der Waals surface area contributed by atoms with Crippen molar-refractivity contribution in [1.82, 2.24) is 4.98 Å². The fraction of sp³-hybridized carbons (Fsp3) is 0.625. The van der Waals surface area contributed by atoms with Crippen LogP contribution in [0.15, 0.2) is 18.3 Å². The summed E-state index contributed by atoms with van der Waals surface area (Å²) in [6, 6.07) is 5.89. The number of hydrogen-bond acceptors (Lipinski definition) is 3. The highest BCUT2D eigenvalue weighted by atomic mass is 15.0. The van der Waals surface area contributed by atoms with E-state index in [-0.39, 0.29) is 0 Å². The highest BCUT2D eigenvalue weighted by Crippen LogP contribution is 2.56. The van der Waals surface area contributed by atoms with E-state index < -0.39 is 0 Å². The maximum Gasteiger partial charge on any atom is 0.140 e. The first-order chi connectivity index (χ1) is 9.25. The Labute approximate surface area is 114 Å². The third kappa shape index (κ3) is 1.90. The van der Waals surface area contributed by atoms with Crippen LogP contribution < -0.4 is 5.32 Å². The van der Waals surface area contributed by atoms with Gasteiger partial charge in [0.1, 0.15) is 11.8 Å². The lowest BCUT2D eigenvalue weighted by Crippen LogP contribution is -2.54. The van der Waals surface area contributed by atoms with Gasteiger partial charge in [-0.1, -0.05) is 0 Å². The van der Waals surface area contributed by atoms with E-state index in [2.05, 4.69) is 16.4 Å². The molecule has 4 aliphatic rings. The zero-order valence-electron chi connectivity index (χ0n) is 11.1. The standard InChI is InChI=1S/C16H19N3/c17-9-14-1-2-15(10-18-14)19-16-6-11-3-12(7-16)5-13(4-11)8-16/h1-2,10-13,19H,3-8H2. The maximum absolute atomic E-state index is 8.80. The lowest BCUT2D eigenvalue weighted by Gasteiger charge is -2.57. The normalized spacial score (nSPS) is 39.0. The Kier molecular flexibility index (Phi) is 2.35. The van der Waals surface area contributed by atoms with Crippen molar-refractivity contribution in [2.75, 3.05) is 5.32 Å². The Balaban J connectivity index is 1.57. The zero-order valence-corrected chi connectivity index (χ0v) is 11.1. The molecular weight excluding hydrogens is 234 g/mol. The van der Waals surface area contributed by atoms with Crippen LogP contribution in [0.25, 0.3) is 0 Å². The van der Waals surface area contributed by atoms with Crippen molar-refractivity contribution in [2.24, 2.45) is 17.8 Å². The molecule has 0 unspecified atom stereocenters. The third-order valence-electron chi connectivity index (χ3n) is 5.33. The molecule has 1 heterocycles. The smallest absolute Gasteiger partial charge is 0.140 e. The van der Waals surface area contributed by atoms with Crippen LogP contribution in [-0.2, 0) is 0 Å². The highest BCUT2D eigenvalue weighted by Gasteiger charge is 2.50. The van der Waals surface area contributed by atoms with Crippen LogP contribution in [0.1, 0.15) is 44.2 Å². The van der Waals surface area contributed by atoms with E-state index in [1.54, 1.807) is 0 Å². The molecule has 1 aromatic heterocycles. The van der Waals surface area contributed by atoms with Gasteiger partial charge < -0.3 is 5.32 Å². The van der Waals surface area contributed by atoms with Crippen LogP contribution in [0.2, 0.25) is 0 Å². The number of nitrogens with one attached hydrogen (secondary N) is 1. The summed E-state index contributed by atoms with van der Waals surface area (Å²) in [4.78, 5) is 4.17. The minimum absolute atomic E-state index is 0.324. The minimum Gasteiger partial charge on any atom is -0.378 e. The Morgan fingerprint density at radius 2 is 1.74 bits per heavy atom. The summed E-state index contributed by atoms with van der Waals surface area (Å²) < 4.78 is 0. The fourth-order valence-electron chi connectivity index (χ4n) is 5.10. The van der Waals surface area contributed by atoms with E-state index in [1.807, 2.05) is 18.3 Å². The first-order valence-corrected chi connectivity index (χ1v) is 7.39. The first-order valence-electron chi connectivity index (χ1n) is 7.39. The summed E-state index contributed by atoms with van der Waals surface area (Å²) in [6.45, 7) is 0. The Hall–Kier alpha value is -1.56. The molecule has 98 valence electrons. The number of anilines is 1. The number of nitrogens with zero attached hydrogens (tertiary/aromatic N) is 2. The third-order valence-corrected chi connectivity index (χ3v) is 5.33. The van der Waals surface area contributed by atoms with E-state index in [9.17, 15) is 0 Å². The maximum atomic E-state index is 8.80. The summed E-state index contributed by atoms with van der Waals surface area (Å²) in [5.41, 5.74) is 1.90. The number of aromatic nitrogens is 1. The van der Waals surface area contributed by atoms with Crippen LogP contribution in [0.3, 0.4) is 0 Å². The fourth-order valence-corrected chi connectivity index (χ4v) is 5.10. The highest BCUT2D eigenvalue weighted by molar-refractivity contribution is 5.46. The monoisotopic (exact) mass is 253 g/mol. The molecule has 0 atom stereocenters. The molecule has 19 heavy (non-hydrogen) atoms. The molecule has 5 rings (SSSR count). The van der Waals surface area contributed by atoms with Crippen molar-refractivity contribution < 1.29 is 0 Å². The first kappa shape index (κ1) is 11.3. The number of hydrogen-bond donors (Lipinski definition) is 1. The molecule has 0 radical (unpaired) electrons. The molecular formula is C16H19N3. The number of rotatable bonds is 2. The van der Waals surface area contributed by atoms with Gasteiger partial charge in [0, 0.05) is 5.54 Å². The number of pyridine rings is 1. The Morgan fingerprint density at radius 1 is 1.11 bits per heavy atom. The van der Waals surface area contributed by atoms with E-state index in [0.29, 0.717) is 11.2 Å². The molecule has 4 fully saturated rings. The van der Waals surface area contributed by atoms with Crippen LogP contribution in [-0.4, -0.2) is 10.5 Å². The molecule has 4 bridgehead atoms. The van der Waals surface area contributed by atoms with E-state index >= 15 is 0 Å². The molecule has 4 aliphatic carbocycles. The van der Waals surface area contributed by atoms with Crippen LogP contribution >= 0.6 is 0 Å². The molecule has 1 N–H and O–H groups in total. The van der Waals surface area contributed by atoms with Gasteiger partial charge in [0.25, 0.3) is 0 Å². The van der Waals surface area contributed by atoms with Crippen molar-refractivity contribution in [3.63, 3.8) is 0 Å². The molecule has 0 amide bonds. The molecule has 0 aliphatic heterocycles. The second kappa shape index (κ2) is 3.96. The average molecular weight is 253 g/mol. The Morgan fingerprint density at radius 3 is 2.21 bits per heavy atom. The lowest BCUT2D eigenvalue weighted by molar-refractivity contribution is 0.0107. The van der Waals surface area contributed by atoms with Crippen molar-refractivity contribution in [1.29, 1.82) is 5.26 Å². The van der Waals surface area contributed by atoms with E-state index in [0.717, 1.165) is 23.4 Å². The van der Waals surface area contributed by atoms with Gasteiger partial charge in [-0.3, -0.25) is 0 Å². The van der Waals surface area contributed by atoms with Crippen LogP contribution in [0.4, 0.5) is 5.69 Å². The lowest BCUT2D eigenvalue weighted by atomic mass is 9.53.